The van der Waals surface area contributed by atoms with Gasteiger partial charge in [0.15, 0.2) is 0 Å². The van der Waals surface area contributed by atoms with Gasteiger partial charge < -0.3 is 14.8 Å². The van der Waals surface area contributed by atoms with Gasteiger partial charge in [-0.15, -0.1) is 0 Å². The average Bonchev–Trinajstić information content (AvgIpc) is 3.10. The fraction of sp³-hybridized carbons (Fsp3) is 0.350. The summed E-state index contributed by atoms with van der Waals surface area (Å²) >= 11 is 3.40. The van der Waals surface area contributed by atoms with E-state index in [4.69, 9.17) is 9.47 Å². The summed E-state index contributed by atoms with van der Waals surface area (Å²) in [5.41, 5.74) is 1.90. The van der Waals surface area contributed by atoms with Crippen LogP contribution in [0.1, 0.15) is 24.4 Å². The molecule has 0 bridgehead atoms. The average molecular weight is 419 g/mol. The molecule has 5 nitrogen and oxygen atoms in total. The zero-order chi connectivity index (χ0) is 18.5. The summed E-state index contributed by atoms with van der Waals surface area (Å²) in [6.45, 7) is 1.25. The molecule has 6 heteroatoms. The largest absolute Gasteiger partial charge is 0.497 e. The molecule has 2 aromatic rings. The summed E-state index contributed by atoms with van der Waals surface area (Å²) in [6, 6.07) is 13.6. The molecule has 1 aliphatic rings. The van der Waals surface area contributed by atoms with Crippen molar-refractivity contribution in [2.24, 2.45) is 0 Å². The number of likely N-dealkylation sites (tertiary alicyclic amines) is 1. The molecule has 1 saturated heterocycles. The third-order valence-corrected chi connectivity index (χ3v) is 5.17. The Balaban J connectivity index is 1.70. The molecule has 1 amide bonds. The molecule has 3 rings (SSSR count). The van der Waals surface area contributed by atoms with Crippen LogP contribution in [-0.2, 0) is 4.79 Å². The number of nitrogens with zero attached hydrogens (tertiary/aromatic N) is 1. The minimum atomic E-state index is -0.00768. The van der Waals surface area contributed by atoms with Gasteiger partial charge in [-0.1, -0.05) is 22.0 Å². The highest BCUT2D eigenvalue weighted by Gasteiger charge is 2.29. The molecule has 0 spiro atoms. The molecule has 0 unspecified atom stereocenters. The number of rotatable bonds is 6. The van der Waals surface area contributed by atoms with Crippen molar-refractivity contribution in [3.63, 3.8) is 0 Å². The Morgan fingerprint density at radius 1 is 1.19 bits per heavy atom. The number of benzene rings is 2. The molecular weight excluding hydrogens is 396 g/mol. The molecule has 0 aromatic heterocycles. The normalized spacial score (nSPS) is 17.1. The molecule has 0 radical (unpaired) electrons. The Kier molecular flexibility index (Phi) is 6.16. The number of carbonyl (C=O) groups excluding carboxylic acids is 1. The van der Waals surface area contributed by atoms with Crippen molar-refractivity contribution in [3.8, 4) is 11.5 Å². The van der Waals surface area contributed by atoms with Crippen molar-refractivity contribution in [1.82, 2.24) is 4.90 Å². The molecule has 1 aliphatic heterocycles. The van der Waals surface area contributed by atoms with E-state index in [0.29, 0.717) is 6.54 Å². The van der Waals surface area contributed by atoms with Crippen LogP contribution >= 0.6 is 15.9 Å². The SMILES string of the molecule is COc1ccc([C@@H]2CCCN2CC(=O)Nc2ccc(Br)cc2)c(OC)c1. The van der Waals surface area contributed by atoms with Crippen LogP contribution in [0.15, 0.2) is 46.9 Å². The fourth-order valence-corrected chi connectivity index (χ4v) is 3.64. The van der Waals surface area contributed by atoms with Gasteiger partial charge in [0.05, 0.1) is 20.8 Å². The van der Waals surface area contributed by atoms with Crippen LogP contribution in [0.5, 0.6) is 11.5 Å². The predicted molar refractivity (Wildman–Crippen MR) is 106 cm³/mol. The Labute approximate surface area is 162 Å². The zero-order valence-electron chi connectivity index (χ0n) is 15.0. The Morgan fingerprint density at radius 2 is 1.96 bits per heavy atom. The van der Waals surface area contributed by atoms with E-state index in [1.807, 2.05) is 42.5 Å². The van der Waals surface area contributed by atoms with E-state index in [1.54, 1.807) is 14.2 Å². The van der Waals surface area contributed by atoms with Crippen molar-refractivity contribution < 1.29 is 14.3 Å². The van der Waals surface area contributed by atoms with E-state index in [0.717, 1.165) is 46.6 Å². The monoisotopic (exact) mass is 418 g/mol. The highest BCUT2D eigenvalue weighted by atomic mass is 79.9. The van der Waals surface area contributed by atoms with Crippen molar-refractivity contribution in [3.05, 3.63) is 52.5 Å². The number of amides is 1. The molecule has 138 valence electrons. The first-order chi connectivity index (χ1) is 12.6. The number of methoxy groups -OCH3 is 2. The quantitative estimate of drug-likeness (QED) is 0.761. The lowest BCUT2D eigenvalue weighted by Crippen LogP contribution is -2.33. The van der Waals surface area contributed by atoms with Gasteiger partial charge in [0, 0.05) is 27.8 Å². The molecule has 1 fully saturated rings. The Bertz CT molecular complexity index is 764. The third-order valence-electron chi connectivity index (χ3n) is 4.64. The fourth-order valence-electron chi connectivity index (χ4n) is 3.38. The van der Waals surface area contributed by atoms with Crippen LogP contribution < -0.4 is 14.8 Å². The minimum Gasteiger partial charge on any atom is -0.497 e. The van der Waals surface area contributed by atoms with Crippen molar-refractivity contribution in [2.75, 3.05) is 32.6 Å². The topological polar surface area (TPSA) is 50.8 Å². The lowest BCUT2D eigenvalue weighted by molar-refractivity contribution is -0.117. The van der Waals surface area contributed by atoms with E-state index in [9.17, 15) is 4.79 Å². The molecular formula is C20H23BrN2O3. The number of carbonyl (C=O) groups is 1. The molecule has 2 aromatic carbocycles. The van der Waals surface area contributed by atoms with Crippen molar-refractivity contribution >= 4 is 27.5 Å². The van der Waals surface area contributed by atoms with Gasteiger partial charge in [0.2, 0.25) is 5.91 Å². The Hall–Kier alpha value is -2.05. The standard InChI is InChI=1S/C20H23BrN2O3/c1-25-16-9-10-17(19(12-16)26-2)18-4-3-11-23(18)13-20(24)22-15-7-5-14(21)6-8-15/h5-10,12,18H,3-4,11,13H2,1-2H3,(H,22,24)/t18-/m0/s1. The van der Waals surface area contributed by atoms with Gasteiger partial charge in [-0.25, -0.2) is 0 Å². The lowest BCUT2D eigenvalue weighted by atomic mass is 10.0. The smallest absolute Gasteiger partial charge is 0.238 e. The van der Waals surface area contributed by atoms with Crippen LogP contribution in [0, 0.1) is 0 Å². The molecule has 1 N–H and O–H groups in total. The van der Waals surface area contributed by atoms with Gasteiger partial charge in [0.25, 0.3) is 0 Å². The molecule has 1 atom stereocenters. The first-order valence-corrected chi connectivity index (χ1v) is 9.41. The number of nitrogens with one attached hydrogen (secondary N) is 1. The predicted octanol–water partition coefficient (Wildman–Crippen LogP) is 4.24. The highest BCUT2D eigenvalue weighted by molar-refractivity contribution is 9.10. The van der Waals surface area contributed by atoms with Gasteiger partial charge >= 0.3 is 0 Å². The number of halogens is 1. The maximum Gasteiger partial charge on any atom is 0.238 e. The zero-order valence-corrected chi connectivity index (χ0v) is 16.6. The molecule has 0 saturated carbocycles. The van der Waals surface area contributed by atoms with Gasteiger partial charge in [-0.3, -0.25) is 9.69 Å². The summed E-state index contributed by atoms with van der Waals surface area (Å²) in [6.07, 6.45) is 2.07. The summed E-state index contributed by atoms with van der Waals surface area (Å²) in [4.78, 5) is 14.7. The van der Waals surface area contributed by atoms with Crippen LogP contribution in [0.3, 0.4) is 0 Å². The molecule has 0 aliphatic carbocycles. The molecule has 26 heavy (non-hydrogen) atoms. The number of ether oxygens (including phenoxy) is 2. The van der Waals surface area contributed by atoms with E-state index >= 15 is 0 Å². The second-order valence-corrected chi connectivity index (χ2v) is 7.21. The van der Waals surface area contributed by atoms with Crippen LogP contribution in [0.2, 0.25) is 0 Å². The maximum absolute atomic E-state index is 12.5. The van der Waals surface area contributed by atoms with E-state index < -0.39 is 0 Å². The van der Waals surface area contributed by atoms with Crippen LogP contribution in [0.25, 0.3) is 0 Å². The highest BCUT2D eigenvalue weighted by Crippen LogP contribution is 2.38. The van der Waals surface area contributed by atoms with Crippen LogP contribution in [-0.4, -0.2) is 38.1 Å². The first kappa shape index (κ1) is 18.7. The summed E-state index contributed by atoms with van der Waals surface area (Å²) in [5, 5.41) is 2.96. The summed E-state index contributed by atoms with van der Waals surface area (Å²) in [5.74, 6) is 1.56. The van der Waals surface area contributed by atoms with Crippen molar-refractivity contribution in [1.29, 1.82) is 0 Å². The summed E-state index contributed by atoms with van der Waals surface area (Å²) in [7, 11) is 3.31. The number of hydrogen-bond acceptors (Lipinski definition) is 4. The van der Waals surface area contributed by atoms with E-state index in [2.05, 4.69) is 26.1 Å². The second-order valence-electron chi connectivity index (χ2n) is 6.29. The maximum atomic E-state index is 12.5. The summed E-state index contributed by atoms with van der Waals surface area (Å²) < 4.78 is 11.8. The van der Waals surface area contributed by atoms with E-state index in [1.165, 1.54) is 0 Å². The van der Waals surface area contributed by atoms with E-state index in [-0.39, 0.29) is 11.9 Å². The Morgan fingerprint density at radius 3 is 2.65 bits per heavy atom. The third kappa shape index (κ3) is 4.37. The number of anilines is 1. The van der Waals surface area contributed by atoms with Crippen LogP contribution in [0.4, 0.5) is 5.69 Å². The first-order valence-electron chi connectivity index (χ1n) is 8.62. The molecule has 1 heterocycles. The van der Waals surface area contributed by atoms with Gasteiger partial charge in [-0.2, -0.15) is 0 Å². The van der Waals surface area contributed by atoms with Crippen molar-refractivity contribution in [2.45, 2.75) is 18.9 Å². The van der Waals surface area contributed by atoms with Gasteiger partial charge in [-0.05, 0) is 49.7 Å². The minimum absolute atomic E-state index is 0.00768. The second kappa shape index (κ2) is 8.56. The number of hydrogen-bond donors (Lipinski definition) is 1. The lowest BCUT2D eigenvalue weighted by Gasteiger charge is -2.25. The van der Waals surface area contributed by atoms with Gasteiger partial charge in [0.1, 0.15) is 11.5 Å².